The number of hydrogen-bond donors (Lipinski definition) is 3. The summed E-state index contributed by atoms with van der Waals surface area (Å²) >= 11 is 0. The lowest BCUT2D eigenvalue weighted by atomic mass is 10.0. The van der Waals surface area contributed by atoms with Gasteiger partial charge in [0.15, 0.2) is 0 Å². The minimum Gasteiger partial charge on any atom is -0.481 e. The molecule has 0 aliphatic heterocycles. The lowest BCUT2D eigenvalue weighted by molar-refractivity contribution is -0.927. The van der Waals surface area contributed by atoms with Crippen LogP contribution < -0.4 is 0 Å². The van der Waals surface area contributed by atoms with Gasteiger partial charge in [-0.3, -0.25) is 14.4 Å². The highest BCUT2D eigenvalue weighted by Crippen LogP contribution is 2.16. The molecule has 0 fully saturated rings. The Balaban J connectivity index is 4.05. The number of hydrogen-bond acceptors (Lipinski definition) is 3. The summed E-state index contributed by atoms with van der Waals surface area (Å²) in [6.07, 6.45) is 24.3. The van der Waals surface area contributed by atoms with E-state index in [1.165, 1.54) is 83.5 Å². The first kappa shape index (κ1) is 34.1. The molecule has 0 saturated heterocycles. The predicted octanol–water partition coefficient (Wildman–Crippen LogP) is 7.05. The monoisotopic (exact) mass is 512 g/mol. The molecule has 0 unspecified atom stereocenters. The highest BCUT2D eigenvalue weighted by molar-refractivity contribution is 5.67. The van der Waals surface area contributed by atoms with Crippen molar-refractivity contribution in [3.05, 3.63) is 12.2 Å². The first-order chi connectivity index (χ1) is 17.3. The number of carbonyl (C=O) groups is 3. The van der Waals surface area contributed by atoms with Crippen molar-refractivity contribution in [3.8, 4) is 0 Å². The number of aliphatic carboxylic acids is 3. The van der Waals surface area contributed by atoms with Crippen molar-refractivity contribution < 1.29 is 34.2 Å². The molecule has 0 bridgehead atoms. The molecule has 0 heterocycles. The van der Waals surface area contributed by atoms with E-state index in [4.69, 9.17) is 15.3 Å². The largest absolute Gasteiger partial charge is 0.481 e. The van der Waals surface area contributed by atoms with Gasteiger partial charge in [-0.2, -0.15) is 0 Å². The molecule has 0 aromatic rings. The molecule has 0 rings (SSSR count). The molecule has 0 radical (unpaired) electrons. The molecule has 36 heavy (non-hydrogen) atoms. The molecule has 0 saturated carbocycles. The van der Waals surface area contributed by atoms with E-state index < -0.39 is 17.9 Å². The van der Waals surface area contributed by atoms with E-state index in [-0.39, 0.29) is 43.4 Å². The molecular weight excluding hydrogens is 458 g/mol. The lowest BCUT2D eigenvalue weighted by Crippen LogP contribution is -2.52. The van der Waals surface area contributed by atoms with Crippen molar-refractivity contribution in [3.63, 3.8) is 0 Å². The van der Waals surface area contributed by atoms with Crippen LogP contribution in [0.3, 0.4) is 0 Å². The van der Waals surface area contributed by atoms with E-state index in [0.29, 0.717) is 6.54 Å². The summed E-state index contributed by atoms with van der Waals surface area (Å²) in [7, 11) is 0. The van der Waals surface area contributed by atoms with Gasteiger partial charge in [0, 0.05) is 6.42 Å². The molecule has 0 aliphatic carbocycles. The summed E-state index contributed by atoms with van der Waals surface area (Å²) in [5, 5.41) is 27.3. The molecule has 0 amide bonds. The van der Waals surface area contributed by atoms with Crippen LogP contribution in [0.25, 0.3) is 0 Å². The highest BCUT2D eigenvalue weighted by atomic mass is 16.4. The fourth-order valence-corrected chi connectivity index (χ4v) is 4.73. The maximum Gasteiger partial charge on any atom is 0.309 e. The summed E-state index contributed by atoms with van der Waals surface area (Å²) in [5.74, 6) is -2.83. The summed E-state index contributed by atoms with van der Waals surface area (Å²) in [6.45, 7) is 3.64. The minimum atomic E-state index is -0.944. The second kappa shape index (κ2) is 23.5. The normalized spacial score (nSPS) is 11.8. The Hall–Kier alpha value is -1.89. The molecule has 7 nitrogen and oxygen atoms in total. The standard InChI is InChI=1S/C29H53NO6/c1-2-3-4-5-6-7-8-9-10-11-12-13-14-15-16-17-18-19-23-30(24-20-27(31)32,25-21-28(33)34)26-22-29(35)36/h16-17H,2-15,18-26H2,1H3,(H2-,31,32,33,34,35,36)/p+1/b17-16+. The Morgan fingerprint density at radius 2 is 0.833 bits per heavy atom. The average molecular weight is 513 g/mol. The van der Waals surface area contributed by atoms with Crippen LogP contribution in [-0.4, -0.2) is 63.9 Å². The molecule has 0 atom stereocenters. The highest BCUT2D eigenvalue weighted by Gasteiger charge is 2.29. The molecule has 0 spiro atoms. The van der Waals surface area contributed by atoms with Gasteiger partial charge in [0.1, 0.15) is 0 Å². The number of carboxylic acid groups (broad SMARTS) is 3. The third-order valence-corrected chi connectivity index (χ3v) is 7.04. The Morgan fingerprint density at radius 1 is 0.500 bits per heavy atom. The maximum atomic E-state index is 11.1. The zero-order valence-electron chi connectivity index (χ0n) is 22.9. The van der Waals surface area contributed by atoms with Crippen LogP contribution in [0.4, 0.5) is 0 Å². The van der Waals surface area contributed by atoms with Crippen LogP contribution in [0, 0.1) is 0 Å². The number of carboxylic acids is 3. The number of allylic oxidation sites excluding steroid dienone is 2. The topological polar surface area (TPSA) is 112 Å². The smallest absolute Gasteiger partial charge is 0.309 e. The molecule has 210 valence electrons. The SMILES string of the molecule is CCCCCCCCCCCCCCC/C=C/CCC[N+](CCC(=O)O)(CCC(=O)O)CCC(=O)O. The van der Waals surface area contributed by atoms with Gasteiger partial charge in [0.05, 0.1) is 45.4 Å². The Kier molecular flexibility index (Phi) is 22.3. The Labute approximate surface area is 219 Å². The summed E-state index contributed by atoms with van der Waals surface area (Å²) in [5.41, 5.74) is 0. The van der Waals surface area contributed by atoms with E-state index in [9.17, 15) is 14.4 Å². The van der Waals surface area contributed by atoms with E-state index in [1.807, 2.05) is 0 Å². The quantitative estimate of drug-likeness (QED) is 0.0618. The minimum absolute atomic E-state index is 0.0892. The van der Waals surface area contributed by atoms with E-state index >= 15 is 0 Å². The second-order valence-corrected chi connectivity index (χ2v) is 10.3. The van der Waals surface area contributed by atoms with Gasteiger partial charge in [0.25, 0.3) is 0 Å². The van der Waals surface area contributed by atoms with Crippen LogP contribution in [0.5, 0.6) is 0 Å². The van der Waals surface area contributed by atoms with Crippen molar-refractivity contribution in [1.29, 1.82) is 0 Å². The van der Waals surface area contributed by atoms with Gasteiger partial charge in [-0.05, 0) is 19.3 Å². The first-order valence-corrected chi connectivity index (χ1v) is 14.5. The molecule has 0 aliphatic rings. The fraction of sp³-hybridized carbons (Fsp3) is 0.828. The molecule has 7 heteroatoms. The van der Waals surface area contributed by atoms with Gasteiger partial charge < -0.3 is 19.8 Å². The Morgan fingerprint density at radius 3 is 1.19 bits per heavy atom. The third-order valence-electron chi connectivity index (χ3n) is 7.04. The zero-order chi connectivity index (χ0) is 26.9. The molecule has 3 N–H and O–H groups in total. The molecular formula is C29H54NO6+. The van der Waals surface area contributed by atoms with Crippen LogP contribution in [0.15, 0.2) is 12.2 Å². The van der Waals surface area contributed by atoms with Crippen molar-refractivity contribution in [2.45, 2.75) is 129 Å². The van der Waals surface area contributed by atoms with Crippen molar-refractivity contribution >= 4 is 17.9 Å². The first-order valence-electron chi connectivity index (χ1n) is 14.5. The summed E-state index contributed by atoms with van der Waals surface area (Å²) in [6, 6.07) is 0. The Bertz CT molecular complexity index is 559. The van der Waals surface area contributed by atoms with Crippen molar-refractivity contribution in [2.24, 2.45) is 0 Å². The van der Waals surface area contributed by atoms with Crippen LogP contribution in [-0.2, 0) is 14.4 Å². The van der Waals surface area contributed by atoms with Gasteiger partial charge in [0.2, 0.25) is 0 Å². The van der Waals surface area contributed by atoms with Gasteiger partial charge >= 0.3 is 17.9 Å². The molecule has 0 aromatic heterocycles. The maximum absolute atomic E-state index is 11.1. The van der Waals surface area contributed by atoms with Crippen molar-refractivity contribution in [2.75, 3.05) is 26.2 Å². The van der Waals surface area contributed by atoms with Crippen molar-refractivity contribution in [1.82, 2.24) is 0 Å². The lowest BCUT2D eigenvalue weighted by Gasteiger charge is -2.38. The van der Waals surface area contributed by atoms with Gasteiger partial charge in [-0.15, -0.1) is 0 Å². The van der Waals surface area contributed by atoms with E-state index in [0.717, 1.165) is 19.3 Å². The van der Waals surface area contributed by atoms with Crippen LogP contribution in [0.1, 0.15) is 129 Å². The van der Waals surface area contributed by atoms with E-state index in [2.05, 4.69) is 19.1 Å². The molecule has 0 aromatic carbocycles. The average Bonchev–Trinajstić information content (AvgIpc) is 2.83. The van der Waals surface area contributed by atoms with Crippen LogP contribution >= 0.6 is 0 Å². The van der Waals surface area contributed by atoms with Gasteiger partial charge in [-0.1, -0.05) is 96.1 Å². The fourth-order valence-electron chi connectivity index (χ4n) is 4.73. The number of quaternary nitrogens is 1. The second-order valence-electron chi connectivity index (χ2n) is 10.3. The summed E-state index contributed by atoms with van der Waals surface area (Å²) in [4.78, 5) is 33.3. The zero-order valence-corrected chi connectivity index (χ0v) is 22.9. The predicted molar refractivity (Wildman–Crippen MR) is 145 cm³/mol. The van der Waals surface area contributed by atoms with Gasteiger partial charge in [-0.25, -0.2) is 0 Å². The number of nitrogens with zero attached hydrogens (tertiary/aromatic N) is 1. The van der Waals surface area contributed by atoms with E-state index in [1.54, 1.807) is 0 Å². The van der Waals surface area contributed by atoms with Crippen LogP contribution in [0.2, 0.25) is 0 Å². The summed E-state index contributed by atoms with van der Waals surface area (Å²) < 4.78 is 0.234. The number of rotatable bonds is 27. The third kappa shape index (κ3) is 22.6. The number of unbranched alkanes of at least 4 members (excludes halogenated alkanes) is 14.